The maximum Gasteiger partial charge on any atom is 0.488 e. The second-order valence-corrected chi connectivity index (χ2v) is 10.8. The number of carbonyl (C=O) groups excluding carboxylic acids is 2. The molecule has 9 N–H and O–H groups in total. The number of rotatable bonds is 25. The fraction of sp³-hybridized carbons (Fsp3) is 0.690. The fourth-order valence-electron chi connectivity index (χ4n) is 4.71. The third kappa shape index (κ3) is 16.7. The van der Waals surface area contributed by atoms with Crippen LogP contribution in [0.4, 0.5) is 8.78 Å². The maximum atomic E-state index is 14.0. The van der Waals surface area contributed by atoms with Gasteiger partial charge in [-0.3, -0.25) is 20.2 Å². The van der Waals surface area contributed by atoms with Crippen molar-refractivity contribution >= 4 is 30.4 Å². The van der Waals surface area contributed by atoms with Gasteiger partial charge in [-0.1, -0.05) is 70.6 Å². The summed E-state index contributed by atoms with van der Waals surface area (Å²) in [7, 11) is -2.01. The Labute approximate surface area is 248 Å². The lowest BCUT2D eigenvalue weighted by Gasteiger charge is -2.09. The van der Waals surface area contributed by atoms with Crippen molar-refractivity contribution in [1.29, 1.82) is 0 Å². The third-order valence-electron chi connectivity index (χ3n) is 7.24. The van der Waals surface area contributed by atoms with Crippen LogP contribution < -0.4 is 27.4 Å². The smallest absolute Gasteiger partial charge is 0.480 e. The molecule has 0 bridgehead atoms. The molecule has 238 valence electrons. The van der Waals surface area contributed by atoms with Crippen LogP contribution in [0.2, 0.25) is 0 Å². The van der Waals surface area contributed by atoms with E-state index in [1.54, 1.807) is 0 Å². The normalized spacial score (nSPS) is 11.7. The monoisotopic (exact) mass is 599 g/mol. The molecule has 0 saturated heterocycles. The van der Waals surface area contributed by atoms with E-state index in [0.29, 0.717) is 38.8 Å². The molecule has 0 aliphatic carbocycles. The fourth-order valence-corrected chi connectivity index (χ4v) is 4.71. The molecular weight excluding hydrogens is 549 g/mol. The summed E-state index contributed by atoms with van der Waals surface area (Å²) in [5.74, 6) is -0.545. The van der Waals surface area contributed by atoms with Gasteiger partial charge in [-0.2, -0.15) is 5.43 Å². The summed E-state index contributed by atoms with van der Waals surface area (Å²) in [5, 5.41) is 32.4. The van der Waals surface area contributed by atoms with Gasteiger partial charge in [0.05, 0.1) is 0 Å². The van der Waals surface area contributed by atoms with E-state index in [9.17, 15) is 23.2 Å². The van der Waals surface area contributed by atoms with Crippen LogP contribution in [0.15, 0.2) is 12.1 Å². The Morgan fingerprint density at radius 1 is 0.738 bits per heavy atom. The number of amides is 2. The largest absolute Gasteiger partial charge is 0.488 e. The quantitative estimate of drug-likeness (QED) is 0.0513. The molecule has 10 nitrogen and oxygen atoms in total. The average Bonchev–Trinajstić information content (AvgIpc) is 2.94. The second kappa shape index (κ2) is 22.9. The predicted octanol–water partition coefficient (Wildman–Crippen LogP) is 2.32. The molecule has 13 heteroatoms. The van der Waals surface area contributed by atoms with Crippen molar-refractivity contribution < 1.29 is 44.2 Å². The van der Waals surface area contributed by atoms with Crippen molar-refractivity contribution in [3.63, 3.8) is 0 Å². The molecule has 0 fully saturated rings. The molecule has 0 spiro atoms. The Morgan fingerprint density at radius 2 is 1.19 bits per heavy atom. The van der Waals surface area contributed by atoms with Gasteiger partial charge < -0.3 is 25.8 Å². The van der Waals surface area contributed by atoms with Crippen LogP contribution >= 0.6 is 0 Å². The first kappa shape index (κ1) is 37.4. The zero-order valence-electron chi connectivity index (χ0n) is 24.8. The van der Waals surface area contributed by atoms with Crippen molar-refractivity contribution in [2.24, 2.45) is 0 Å². The van der Waals surface area contributed by atoms with Gasteiger partial charge in [-0.25, -0.2) is 8.78 Å². The van der Waals surface area contributed by atoms with Gasteiger partial charge in [0.25, 0.3) is 5.91 Å². The zero-order valence-corrected chi connectivity index (χ0v) is 24.8. The topological polar surface area (TPSA) is 176 Å². The van der Waals surface area contributed by atoms with E-state index in [0.717, 1.165) is 63.5 Å². The molecule has 2 amide bonds. The van der Waals surface area contributed by atoms with Crippen LogP contribution in [0.3, 0.4) is 0 Å². The molecule has 0 unspecified atom stereocenters. The molecule has 0 aliphatic heterocycles. The number of carboxylic acid groups (broad SMARTS) is 1. The average molecular weight is 600 g/mol. The molecule has 1 atom stereocenters. The number of carboxylic acids is 1. The summed E-state index contributed by atoms with van der Waals surface area (Å²) in [4.78, 5) is 34.9. The number of hydrogen-bond acceptors (Lipinski definition) is 6. The molecule has 0 saturated carbocycles. The molecule has 42 heavy (non-hydrogen) atoms. The van der Waals surface area contributed by atoms with Crippen LogP contribution in [0.1, 0.15) is 120 Å². The number of quaternary nitrogens is 1. The number of aliphatic carboxylic acids is 1. The van der Waals surface area contributed by atoms with Gasteiger partial charge in [0.15, 0.2) is 6.04 Å². The van der Waals surface area contributed by atoms with Crippen molar-refractivity contribution in [2.75, 3.05) is 13.1 Å². The van der Waals surface area contributed by atoms with E-state index in [4.69, 9.17) is 15.2 Å². The second-order valence-electron chi connectivity index (χ2n) is 10.8. The lowest BCUT2D eigenvalue weighted by Crippen LogP contribution is -2.70. The minimum absolute atomic E-state index is 0.0583. The molecule has 1 aromatic carbocycles. The molecule has 0 radical (unpaired) electrons. The first-order chi connectivity index (χ1) is 20.2. The summed E-state index contributed by atoms with van der Waals surface area (Å²) < 4.78 is 28.0. The summed E-state index contributed by atoms with van der Waals surface area (Å²) >= 11 is 0. The van der Waals surface area contributed by atoms with Crippen LogP contribution in [0.5, 0.6) is 0 Å². The highest BCUT2D eigenvalue weighted by atomic mass is 19.1. The number of halogens is 2. The van der Waals surface area contributed by atoms with E-state index in [-0.39, 0.29) is 11.4 Å². The molecular formula is C29H50BF2N4O6+. The van der Waals surface area contributed by atoms with Crippen molar-refractivity contribution in [1.82, 2.24) is 16.1 Å². The molecule has 0 aromatic heterocycles. The number of benzene rings is 1. The summed E-state index contributed by atoms with van der Waals surface area (Å²) in [6, 6.07) is 0.842. The standard InChI is InChI=1S/C29H49BF2N4O6/c31-23-20-22(30(41)42)21-24(32)27(23)28(38)35-19-14-11-9-7-5-3-1-2-4-6-8-10-12-17-26(37)34-18-15-13-16-25(36-33)29(39)40/h20-21,25,36,41-42H,1-19,33H2,(H,34,37)(H,35,38)(H,39,40)/p+1/t25-/m0/s1. The van der Waals surface area contributed by atoms with Crippen molar-refractivity contribution in [2.45, 2.75) is 115 Å². The lowest BCUT2D eigenvalue weighted by atomic mass is 9.79. The number of unbranched alkanes of at least 4 members (excludes halogenated alkanes) is 13. The summed E-state index contributed by atoms with van der Waals surface area (Å²) in [5.41, 5.74) is 1.45. The van der Waals surface area contributed by atoms with Crippen molar-refractivity contribution in [3.05, 3.63) is 29.3 Å². The number of nitrogens with one attached hydrogen (secondary N) is 3. The van der Waals surface area contributed by atoms with Gasteiger partial charge >= 0.3 is 13.1 Å². The van der Waals surface area contributed by atoms with Crippen LogP contribution in [-0.4, -0.2) is 59.2 Å². The minimum Gasteiger partial charge on any atom is -0.480 e. The van der Waals surface area contributed by atoms with E-state index in [2.05, 4.69) is 21.9 Å². The van der Waals surface area contributed by atoms with Crippen LogP contribution in [0.25, 0.3) is 0 Å². The van der Waals surface area contributed by atoms with E-state index >= 15 is 0 Å². The van der Waals surface area contributed by atoms with E-state index < -0.39 is 42.2 Å². The Balaban J connectivity index is 1.89. The van der Waals surface area contributed by atoms with Gasteiger partial charge in [0, 0.05) is 19.5 Å². The predicted molar refractivity (Wildman–Crippen MR) is 157 cm³/mol. The number of hydrogen-bond donors (Lipinski definition) is 7. The Bertz CT molecular complexity index is 918. The molecule has 1 rings (SSSR count). The molecule has 1 aromatic rings. The van der Waals surface area contributed by atoms with E-state index in [1.807, 2.05) is 0 Å². The van der Waals surface area contributed by atoms with Gasteiger partial charge in [0.2, 0.25) is 5.91 Å². The SMILES string of the molecule is [NH3+]N[C@@H](CCCCNC(=O)CCCCCCCCCCCCCCCNC(=O)c1c(F)cc(B(O)O)cc1F)C(=O)O. The Kier molecular flexibility index (Phi) is 20.4. The highest BCUT2D eigenvalue weighted by Crippen LogP contribution is 2.14. The van der Waals surface area contributed by atoms with Crippen molar-refractivity contribution in [3.8, 4) is 0 Å². The third-order valence-corrected chi connectivity index (χ3v) is 7.24. The lowest BCUT2D eigenvalue weighted by molar-refractivity contribution is -0.449. The van der Waals surface area contributed by atoms with Gasteiger partial charge in [0.1, 0.15) is 17.2 Å². The highest BCUT2D eigenvalue weighted by molar-refractivity contribution is 6.58. The van der Waals surface area contributed by atoms with Crippen LogP contribution in [-0.2, 0) is 9.59 Å². The zero-order chi connectivity index (χ0) is 31.2. The molecule has 0 heterocycles. The summed E-state index contributed by atoms with van der Waals surface area (Å²) in [6.07, 6.45) is 16.5. The maximum absolute atomic E-state index is 14.0. The Hall–Kier alpha value is -2.61. The number of carbonyl (C=O) groups is 3. The Morgan fingerprint density at radius 3 is 1.67 bits per heavy atom. The van der Waals surface area contributed by atoms with Gasteiger partial charge in [-0.15, -0.1) is 0 Å². The first-order valence-corrected chi connectivity index (χ1v) is 15.3. The van der Waals surface area contributed by atoms with Crippen LogP contribution in [0, 0.1) is 11.6 Å². The summed E-state index contributed by atoms with van der Waals surface area (Å²) in [6.45, 7) is 0.889. The van der Waals surface area contributed by atoms with Gasteiger partial charge in [-0.05, 0) is 49.7 Å². The minimum atomic E-state index is -2.01. The first-order valence-electron chi connectivity index (χ1n) is 15.3. The van der Waals surface area contributed by atoms with E-state index in [1.165, 1.54) is 32.1 Å². The molecule has 0 aliphatic rings. The highest BCUT2D eigenvalue weighted by Gasteiger charge is 2.22.